The van der Waals surface area contributed by atoms with Crippen molar-refractivity contribution in [3.8, 4) is 0 Å². The molecule has 1 heterocycles. The first-order chi connectivity index (χ1) is 9.70. The molecular weight excluding hydrogens is 248 g/mol. The van der Waals surface area contributed by atoms with Crippen molar-refractivity contribution >= 4 is 0 Å². The maximum atomic E-state index is 4.09. The van der Waals surface area contributed by atoms with Gasteiger partial charge in [-0.1, -0.05) is 37.6 Å². The van der Waals surface area contributed by atoms with Crippen molar-refractivity contribution in [2.24, 2.45) is 7.05 Å². The third-order valence-electron chi connectivity index (χ3n) is 3.62. The van der Waals surface area contributed by atoms with E-state index in [2.05, 4.69) is 53.6 Å². The summed E-state index contributed by atoms with van der Waals surface area (Å²) in [4.78, 5) is 0. The zero-order valence-corrected chi connectivity index (χ0v) is 12.6. The van der Waals surface area contributed by atoms with Crippen molar-refractivity contribution in [3.05, 3.63) is 47.5 Å². The second-order valence-electron chi connectivity index (χ2n) is 5.28. The van der Waals surface area contributed by atoms with Crippen LogP contribution >= 0.6 is 0 Å². The summed E-state index contributed by atoms with van der Waals surface area (Å²) in [6.07, 6.45) is 5.00. The highest BCUT2D eigenvalue weighted by atomic mass is 15.2. The Morgan fingerprint density at radius 3 is 2.55 bits per heavy atom. The van der Waals surface area contributed by atoms with Crippen molar-refractivity contribution in [1.29, 1.82) is 0 Å². The van der Waals surface area contributed by atoms with Crippen LogP contribution in [0.15, 0.2) is 30.6 Å². The molecule has 1 atom stereocenters. The molecule has 0 bridgehead atoms. The summed E-state index contributed by atoms with van der Waals surface area (Å²) >= 11 is 0. The van der Waals surface area contributed by atoms with Crippen molar-refractivity contribution in [3.63, 3.8) is 0 Å². The van der Waals surface area contributed by atoms with E-state index in [1.165, 1.54) is 17.5 Å². The van der Waals surface area contributed by atoms with E-state index in [1.54, 1.807) is 6.33 Å². The zero-order valence-electron chi connectivity index (χ0n) is 12.6. The smallest absolute Gasteiger partial charge is 0.133 e. The quantitative estimate of drug-likeness (QED) is 0.842. The van der Waals surface area contributed by atoms with Gasteiger partial charge in [0.25, 0.3) is 0 Å². The molecule has 0 aliphatic rings. The highest BCUT2D eigenvalue weighted by Gasteiger charge is 2.06. The molecule has 0 saturated carbocycles. The van der Waals surface area contributed by atoms with Crippen LogP contribution in [0.4, 0.5) is 0 Å². The molecule has 0 spiro atoms. The van der Waals surface area contributed by atoms with Gasteiger partial charge >= 0.3 is 0 Å². The predicted molar refractivity (Wildman–Crippen MR) is 81.6 cm³/mol. The molecule has 0 aliphatic carbocycles. The lowest BCUT2D eigenvalue weighted by molar-refractivity contribution is 0.564. The van der Waals surface area contributed by atoms with E-state index in [-0.39, 0.29) is 0 Å². The molecule has 1 N–H and O–H groups in total. The lowest BCUT2D eigenvalue weighted by Crippen LogP contribution is -2.22. The molecule has 0 fully saturated rings. The molecule has 1 aromatic heterocycles. The van der Waals surface area contributed by atoms with Gasteiger partial charge in [-0.25, -0.2) is 0 Å². The number of hydrogen-bond acceptors (Lipinski definition) is 3. The molecule has 4 nitrogen and oxygen atoms in total. The van der Waals surface area contributed by atoms with E-state index in [0.717, 1.165) is 25.2 Å². The first-order valence-corrected chi connectivity index (χ1v) is 7.35. The van der Waals surface area contributed by atoms with Gasteiger partial charge in [0.1, 0.15) is 12.2 Å². The average Bonchev–Trinajstić information content (AvgIpc) is 2.85. The van der Waals surface area contributed by atoms with Crippen molar-refractivity contribution in [2.75, 3.05) is 6.54 Å². The fraction of sp³-hybridized carbons (Fsp3) is 0.500. The molecule has 0 saturated heterocycles. The summed E-state index contributed by atoms with van der Waals surface area (Å²) < 4.78 is 1.96. The minimum absolute atomic E-state index is 0.360. The molecular formula is C16H24N4. The first-order valence-electron chi connectivity index (χ1n) is 7.35. The van der Waals surface area contributed by atoms with Crippen LogP contribution in [0, 0.1) is 0 Å². The maximum Gasteiger partial charge on any atom is 0.133 e. The van der Waals surface area contributed by atoms with E-state index < -0.39 is 0 Å². The van der Waals surface area contributed by atoms with Gasteiger partial charge < -0.3 is 9.88 Å². The summed E-state index contributed by atoms with van der Waals surface area (Å²) in [6.45, 7) is 5.32. The summed E-state index contributed by atoms with van der Waals surface area (Å²) in [5.41, 5.74) is 2.75. The fourth-order valence-corrected chi connectivity index (χ4v) is 2.31. The Kier molecular flexibility index (Phi) is 5.30. The van der Waals surface area contributed by atoms with Crippen LogP contribution in [0.5, 0.6) is 0 Å². The van der Waals surface area contributed by atoms with Crippen LogP contribution in [0.3, 0.4) is 0 Å². The first kappa shape index (κ1) is 14.7. The standard InChI is InChI=1S/C16H24N4/c1-4-5-14-6-8-15(9-7-14)13(2)17-11-10-16-19-18-12-20(16)3/h6-9,12-13,17H,4-5,10-11H2,1-3H3. The monoisotopic (exact) mass is 272 g/mol. The van der Waals surface area contributed by atoms with Gasteiger partial charge in [0, 0.05) is 26.1 Å². The van der Waals surface area contributed by atoms with Crippen molar-refractivity contribution in [2.45, 2.75) is 39.2 Å². The van der Waals surface area contributed by atoms with Crippen molar-refractivity contribution in [1.82, 2.24) is 20.1 Å². The predicted octanol–water partition coefficient (Wildman–Crippen LogP) is 2.66. The third kappa shape index (κ3) is 3.90. The van der Waals surface area contributed by atoms with Crippen LogP contribution in [-0.2, 0) is 19.9 Å². The number of nitrogens with one attached hydrogen (secondary N) is 1. The third-order valence-corrected chi connectivity index (χ3v) is 3.62. The van der Waals surface area contributed by atoms with Gasteiger partial charge in [0.05, 0.1) is 0 Å². The number of aromatic nitrogens is 3. The molecule has 0 aliphatic heterocycles. The maximum absolute atomic E-state index is 4.09. The van der Waals surface area contributed by atoms with Crippen LogP contribution in [0.2, 0.25) is 0 Å². The SMILES string of the molecule is CCCc1ccc(C(C)NCCc2nncn2C)cc1. The summed E-state index contributed by atoms with van der Waals surface area (Å²) in [5, 5.41) is 11.5. The largest absolute Gasteiger partial charge is 0.321 e. The number of benzene rings is 1. The van der Waals surface area contributed by atoms with E-state index in [0.29, 0.717) is 6.04 Å². The zero-order chi connectivity index (χ0) is 14.4. The number of hydrogen-bond donors (Lipinski definition) is 1. The van der Waals surface area contributed by atoms with Gasteiger partial charge in [0.15, 0.2) is 0 Å². The fourth-order valence-electron chi connectivity index (χ4n) is 2.31. The summed E-state index contributed by atoms with van der Waals surface area (Å²) in [5.74, 6) is 1.02. The van der Waals surface area contributed by atoms with E-state index in [4.69, 9.17) is 0 Å². The highest BCUT2D eigenvalue weighted by molar-refractivity contribution is 5.24. The highest BCUT2D eigenvalue weighted by Crippen LogP contribution is 2.14. The molecule has 108 valence electrons. The van der Waals surface area contributed by atoms with E-state index in [1.807, 2.05) is 11.6 Å². The molecule has 20 heavy (non-hydrogen) atoms. The molecule has 1 unspecified atom stereocenters. The Morgan fingerprint density at radius 1 is 1.20 bits per heavy atom. The Balaban J connectivity index is 1.82. The summed E-state index contributed by atoms with van der Waals surface area (Å²) in [7, 11) is 1.98. The Labute approximate surface area is 121 Å². The van der Waals surface area contributed by atoms with Gasteiger partial charge in [-0.05, 0) is 24.5 Å². The molecule has 0 radical (unpaired) electrons. The normalized spacial score (nSPS) is 12.6. The number of rotatable bonds is 7. The van der Waals surface area contributed by atoms with Crippen LogP contribution < -0.4 is 5.32 Å². The van der Waals surface area contributed by atoms with E-state index in [9.17, 15) is 0 Å². The number of aryl methyl sites for hydroxylation is 2. The lowest BCUT2D eigenvalue weighted by atomic mass is 10.0. The van der Waals surface area contributed by atoms with Crippen LogP contribution in [0.1, 0.15) is 43.3 Å². The molecule has 1 aromatic carbocycles. The lowest BCUT2D eigenvalue weighted by Gasteiger charge is -2.14. The van der Waals surface area contributed by atoms with Gasteiger partial charge in [-0.2, -0.15) is 0 Å². The van der Waals surface area contributed by atoms with Gasteiger partial charge in [-0.15, -0.1) is 10.2 Å². The van der Waals surface area contributed by atoms with Crippen molar-refractivity contribution < 1.29 is 0 Å². The number of nitrogens with zero attached hydrogens (tertiary/aromatic N) is 3. The minimum Gasteiger partial charge on any atom is -0.321 e. The topological polar surface area (TPSA) is 42.7 Å². The molecule has 2 rings (SSSR count). The second kappa shape index (κ2) is 7.20. The Hall–Kier alpha value is -1.68. The van der Waals surface area contributed by atoms with Crippen LogP contribution in [-0.4, -0.2) is 21.3 Å². The molecule has 2 aromatic rings. The molecule has 4 heteroatoms. The Bertz CT molecular complexity index is 516. The van der Waals surface area contributed by atoms with Gasteiger partial charge in [0.2, 0.25) is 0 Å². The summed E-state index contributed by atoms with van der Waals surface area (Å²) in [6, 6.07) is 9.29. The van der Waals surface area contributed by atoms with E-state index >= 15 is 0 Å². The van der Waals surface area contributed by atoms with Gasteiger partial charge in [-0.3, -0.25) is 0 Å². The minimum atomic E-state index is 0.360. The molecule has 0 amide bonds. The van der Waals surface area contributed by atoms with Crippen LogP contribution in [0.25, 0.3) is 0 Å². The Morgan fingerprint density at radius 2 is 1.95 bits per heavy atom. The second-order valence-corrected chi connectivity index (χ2v) is 5.28. The average molecular weight is 272 g/mol.